The zero-order valence-corrected chi connectivity index (χ0v) is 12.5. The molecule has 0 unspecified atom stereocenters. The molecule has 0 saturated carbocycles. The van der Waals surface area contributed by atoms with Crippen molar-refractivity contribution in [2.75, 3.05) is 5.73 Å². The van der Waals surface area contributed by atoms with Gasteiger partial charge in [-0.25, -0.2) is 0 Å². The van der Waals surface area contributed by atoms with E-state index in [0.717, 1.165) is 14.3 Å². The van der Waals surface area contributed by atoms with Crippen molar-refractivity contribution in [3.8, 4) is 0 Å². The van der Waals surface area contributed by atoms with Crippen molar-refractivity contribution in [3.05, 3.63) is 50.9 Å². The summed E-state index contributed by atoms with van der Waals surface area (Å²) in [6, 6.07) is 11.3. The molecule has 0 bridgehead atoms. The van der Waals surface area contributed by atoms with Gasteiger partial charge in [0.2, 0.25) is 0 Å². The zero-order chi connectivity index (χ0) is 12.4. The summed E-state index contributed by atoms with van der Waals surface area (Å²) in [5, 5.41) is 1.14. The Labute approximate surface area is 122 Å². The second-order valence-electron chi connectivity index (χ2n) is 3.37. The Morgan fingerprint density at radius 3 is 2.06 bits per heavy atom. The molecule has 17 heavy (non-hydrogen) atoms. The molecule has 2 aromatic carbocycles. The zero-order valence-electron chi connectivity index (χ0n) is 8.58. The lowest BCUT2D eigenvalue weighted by atomic mass is 10.3. The Kier molecular flexibility index (Phi) is 4.26. The third kappa shape index (κ3) is 3.32. The molecule has 0 saturated heterocycles. The molecule has 0 aliphatic rings. The Hall–Kier alpha value is -0.350. The van der Waals surface area contributed by atoms with Crippen LogP contribution in [0.2, 0.25) is 10.0 Å². The number of nitrogen functional groups attached to an aromatic ring is 1. The van der Waals surface area contributed by atoms with Gasteiger partial charge in [-0.3, -0.25) is 0 Å². The third-order valence-electron chi connectivity index (χ3n) is 2.05. The monoisotopic (exact) mass is 347 g/mol. The van der Waals surface area contributed by atoms with Crippen LogP contribution >= 0.6 is 50.9 Å². The summed E-state index contributed by atoms with van der Waals surface area (Å²) in [7, 11) is 0. The fraction of sp³-hybridized carbons (Fsp3) is 0. The first-order chi connectivity index (χ1) is 8.06. The molecule has 2 N–H and O–H groups in total. The summed E-state index contributed by atoms with van der Waals surface area (Å²) in [4.78, 5) is 1.90. The van der Waals surface area contributed by atoms with Gasteiger partial charge in [-0.15, -0.1) is 0 Å². The van der Waals surface area contributed by atoms with Crippen molar-refractivity contribution in [1.82, 2.24) is 0 Å². The molecule has 2 aromatic rings. The van der Waals surface area contributed by atoms with Crippen molar-refractivity contribution in [2.24, 2.45) is 0 Å². The minimum absolute atomic E-state index is 0.570. The highest BCUT2D eigenvalue weighted by atomic mass is 79.9. The molecule has 88 valence electrons. The lowest BCUT2D eigenvalue weighted by Crippen LogP contribution is -1.86. The number of benzene rings is 2. The van der Waals surface area contributed by atoms with Crippen molar-refractivity contribution >= 4 is 56.6 Å². The van der Waals surface area contributed by atoms with Crippen LogP contribution in [0.15, 0.2) is 50.7 Å². The predicted molar refractivity (Wildman–Crippen MR) is 79.1 cm³/mol. The predicted octanol–water partition coefficient (Wildman–Crippen LogP) is 5.49. The van der Waals surface area contributed by atoms with Crippen LogP contribution in [-0.2, 0) is 0 Å². The number of rotatable bonds is 2. The highest BCUT2D eigenvalue weighted by Gasteiger charge is 2.09. The van der Waals surface area contributed by atoms with Gasteiger partial charge in [0, 0.05) is 20.0 Å². The molecule has 5 heteroatoms. The first-order valence-corrected chi connectivity index (χ1v) is 7.11. The fourth-order valence-corrected chi connectivity index (χ4v) is 3.12. The minimum Gasteiger partial charge on any atom is -0.399 e. The van der Waals surface area contributed by atoms with Gasteiger partial charge in [0.1, 0.15) is 0 Å². The molecule has 2 rings (SSSR count). The van der Waals surface area contributed by atoms with Crippen molar-refractivity contribution in [2.45, 2.75) is 9.79 Å². The smallest absolute Gasteiger partial charge is 0.0581 e. The van der Waals surface area contributed by atoms with E-state index < -0.39 is 0 Å². The third-order valence-corrected chi connectivity index (χ3v) is 4.55. The van der Waals surface area contributed by atoms with Crippen molar-refractivity contribution in [3.63, 3.8) is 0 Å². The summed E-state index contributed by atoms with van der Waals surface area (Å²) in [5.74, 6) is 0. The van der Waals surface area contributed by atoms with Gasteiger partial charge in [0.15, 0.2) is 0 Å². The highest BCUT2D eigenvalue weighted by molar-refractivity contribution is 9.10. The molecular weight excluding hydrogens is 341 g/mol. The maximum Gasteiger partial charge on any atom is 0.0581 e. The maximum absolute atomic E-state index is 6.12. The lowest BCUT2D eigenvalue weighted by Gasteiger charge is -2.07. The van der Waals surface area contributed by atoms with Crippen LogP contribution in [0.25, 0.3) is 0 Å². The van der Waals surface area contributed by atoms with E-state index in [2.05, 4.69) is 15.9 Å². The number of hydrogen-bond donors (Lipinski definition) is 1. The summed E-state index contributed by atoms with van der Waals surface area (Å²) < 4.78 is 1.04. The van der Waals surface area contributed by atoms with E-state index in [-0.39, 0.29) is 0 Å². The van der Waals surface area contributed by atoms with Gasteiger partial charge in [0.05, 0.1) is 10.0 Å². The fourth-order valence-electron chi connectivity index (χ4n) is 1.30. The van der Waals surface area contributed by atoms with Crippen LogP contribution in [0.1, 0.15) is 0 Å². The average molecular weight is 349 g/mol. The SMILES string of the molecule is Nc1cc(Cl)c(Sc2ccc(Br)cc2)c(Cl)c1. The van der Waals surface area contributed by atoms with Gasteiger partial charge in [0.25, 0.3) is 0 Å². The maximum atomic E-state index is 6.12. The summed E-state index contributed by atoms with van der Waals surface area (Å²) in [5.41, 5.74) is 6.23. The first kappa shape index (κ1) is 13.1. The molecule has 0 aliphatic carbocycles. The van der Waals surface area contributed by atoms with Gasteiger partial charge in [-0.2, -0.15) is 0 Å². The Balaban J connectivity index is 2.33. The Morgan fingerprint density at radius 2 is 1.53 bits per heavy atom. The van der Waals surface area contributed by atoms with Crippen LogP contribution in [0, 0.1) is 0 Å². The van der Waals surface area contributed by atoms with E-state index in [4.69, 9.17) is 28.9 Å². The molecule has 0 aliphatic heterocycles. The normalized spacial score (nSPS) is 10.5. The molecular formula is C12H8BrCl2NS. The lowest BCUT2D eigenvalue weighted by molar-refractivity contribution is 1.40. The summed E-state index contributed by atoms with van der Waals surface area (Å²) in [6.07, 6.45) is 0. The van der Waals surface area contributed by atoms with E-state index in [9.17, 15) is 0 Å². The van der Waals surface area contributed by atoms with Gasteiger partial charge in [-0.05, 0) is 36.4 Å². The largest absolute Gasteiger partial charge is 0.399 e. The first-order valence-electron chi connectivity index (χ1n) is 4.74. The average Bonchev–Trinajstić information content (AvgIpc) is 2.26. The van der Waals surface area contributed by atoms with E-state index in [1.54, 1.807) is 12.1 Å². The van der Waals surface area contributed by atoms with E-state index in [1.165, 1.54) is 11.8 Å². The number of hydrogen-bond acceptors (Lipinski definition) is 2. The van der Waals surface area contributed by atoms with E-state index in [0.29, 0.717) is 15.7 Å². The quantitative estimate of drug-likeness (QED) is 0.726. The molecule has 0 radical (unpaired) electrons. The number of anilines is 1. The second kappa shape index (κ2) is 5.53. The standard InChI is InChI=1S/C12H8BrCl2NS/c13-7-1-3-9(4-2-7)17-12-10(14)5-8(16)6-11(12)15/h1-6H,16H2. The second-order valence-corrected chi connectivity index (χ2v) is 6.18. The molecule has 0 heterocycles. The molecule has 1 nitrogen and oxygen atoms in total. The molecule has 0 fully saturated rings. The number of halogens is 3. The topological polar surface area (TPSA) is 26.0 Å². The van der Waals surface area contributed by atoms with Crippen LogP contribution in [-0.4, -0.2) is 0 Å². The summed E-state index contributed by atoms with van der Waals surface area (Å²) in [6.45, 7) is 0. The van der Waals surface area contributed by atoms with Crippen LogP contribution in [0.5, 0.6) is 0 Å². The van der Waals surface area contributed by atoms with Crippen LogP contribution in [0.4, 0.5) is 5.69 Å². The Morgan fingerprint density at radius 1 is 1.00 bits per heavy atom. The molecule has 0 spiro atoms. The van der Waals surface area contributed by atoms with E-state index in [1.807, 2.05) is 24.3 Å². The van der Waals surface area contributed by atoms with Crippen molar-refractivity contribution < 1.29 is 0 Å². The van der Waals surface area contributed by atoms with Gasteiger partial charge in [-0.1, -0.05) is 50.9 Å². The van der Waals surface area contributed by atoms with Crippen molar-refractivity contribution in [1.29, 1.82) is 0 Å². The van der Waals surface area contributed by atoms with Crippen LogP contribution < -0.4 is 5.73 Å². The Bertz CT molecular complexity index is 520. The van der Waals surface area contributed by atoms with Crippen LogP contribution in [0.3, 0.4) is 0 Å². The van der Waals surface area contributed by atoms with E-state index >= 15 is 0 Å². The molecule has 0 aromatic heterocycles. The highest BCUT2D eigenvalue weighted by Crippen LogP contribution is 2.40. The van der Waals surface area contributed by atoms with Gasteiger partial charge < -0.3 is 5.73 Å². The minimum atomic E-state index is 0.570. The molecule has 0 atom stereocenters. The van der Waals surface area contributed by atoms with Gasteiger partial charge >= 0.3 is 0 Å². The molecule has 0 amide bonds. The number of nitrogens with two attached hydrogens (primary N) is 1. The summed E-state index contributed by atoms with van der Waals surface area (Å²) >= 11 is 17.2.